The SMILES string of the molecule is Cc1cnc(Nc2ccc(CN(C)C)cc2)nc1N1CC(C)(NC(=O)C2CC2(F)F)C1. The third kappa shape index (κ3) is 4.76. The van der Waals surface area contributed by atoms with Crippen molar-refractivity contribution in [2.45, 2.75) is 38.3 Å². The smallest absolute Gasteiger partial charge is 0.260 e. The minimum atomic E-state index is -2.85. The molecule has 1 unspecified atom stereocenters. The van der Waals surface area contributed by atoms with Crippen molar-refractivity contribution in [1.82, 2.24) is 20.2 Å². The second kappa shape index (κ2) is 7.71. The van der Waals surface area contributed by atoms with Crippen LogP contribution in [-0.4, -0.2) is 59.4 Å². The lowest BCUT2D eigenvalue weighted by molar-refractivity contribution is -0.126. The number of anilines is 3. The van der Waals surface area contributed by atoms with E-state index >= 15 is 0 Å². The van der Waals surface area contributed by atoms with Gasteiger partial charge in [-0.15, -0.1) is 0 Å². The first-order valence-corrected chi connectivity index (χ1v) is 10.3. The number of nitrogens with zero attached hydrogens (tertiary/aromatic N) is 4. The zero-order valence-corrected chi connectivity index (χ0v) is 18.2. The lowest BCUT2D eigenvalue weighted by Crippen LogP contribution is -2.69. The van der Waals surface area contributed by atoms with Crippen LogP contribution in [-0.2, 0) is 11.3 Å². The van der Waals surface area contributed by atoms with Gasteiger partial charge in [0.2, 0.25) is 11.9 Å². The summed E-state index contributed by atoms with van der Waals surface area (Å²) in [6, 6.07) is 8.10. The molecular weight excluding hydrogens is 402 g/mol. The summed E-state index contributed by atoms with van der Waals surface area (Å²) in [7, 11) is 4.06. The number of carbonyl (C=O) groups is 1. The van der Waals surface area contributed by atoms with Crippen LogP contribution in [0.15, 0.2) is 30.5 Å². The second-order valence-corrected chi connectivity index (χ2v) is 9.18. The van der Waals surface area contributed by atoms with Crippen molar-refractivity contribution in [3.8, 4) is 0 Å². The number of rotatable bonds is 7. The highest BCUT2D eigenvalue weighted by molar-refractivity contribution is 5.84. The van der Waals surface area contributed by atoms with E-state index in [-0.39, 0.29) is 6.42 Å². The molecule has 1 aromatic heterocycles. The van der Waals surface area contributed by atoms with Crippen LogP contribution in [0.25, 0.3) is 0 Å². The molecule has 1 amide bonds. The molecule has 0 spiro atoms. The van der Waals surface area contributed by atoms with Crippen molar-refractivity contribution < 1.29 is 13.6 Å². The van der Waals surface area contributed by atoms with E-state index in [1.54, 1.807) is 6.20 Å². The number of amides is 1. The Morgan fingerprint density at radius 1 is 1.26 bits per heavy atom. The number of aromatic nitrogens is 2. The van der Waals surface area contributed by atoms with E-state index < -0.39 is 23.3 Å². The molecule has 2 aliphatic rings. The van der Waals surface area contributed by atoms with Crippen LogP contribution in [0.4, 0.5) is 26.2 Å². The van der Waals surface area contributed by atoms with Gasteiger partial charge in [-0.2, -0.15) is 4.98 Å². The van der Waals surface area contributed by atoms with Crippen LogP contribution >= 0.6 is 0 Å². The van der Waals surface area contributed by atoms with E-state index in [0.717, 1.165) is 23.6 Å². The molecule has 2 fully saturated rings. The Morgan fingerprint density at radius 2 is 1.90 bits per heavy atom. The molecule has 2 heterocycles. The third-order valence-electron chi connectivity index (χ3n) is 5.60. The van der Waals surface area contributed by atoms with Crippen molar-refractivity contribution in [2.24, 2.45) is 5.92 Å². The Hall–Kier alpha value is -2.81. The Bertz CT molecular complexity index is 972. The van der Waals surface area contributed by atoms with E-state index in [1.807, 2.05) is 45.0 Å². The molecule has 1 atom stereocenters. The number of nitrogens with one attached hydrogen (secondary N) is 2. The van der Waals surface area contributed by atoms with E-state index in [9.17, 15) is 13.6 Å². The van der Waals surface area contributed by atoms with Crippen LogP contribution in [0.3, 0.4) is 0 Å². The Labute approximate surface area is 180 Å². The Morgan fingerprint density at radius 3 is 2.48 bits per heavy atom. The molecule has 1 aromatic carbocycles. The van der Waals surface area contributed by atoms with Gasteiger partial charge in [-0.25, -0.2) is 13.8 Å². The minimum absolute atomic E-state index is 0.352. The maximum absolute atomic E-state index is 13.1. The molecule has 0 bridgehead atoms. The predicted molar refractivity (Wildman–Crippen MR) is 116 cm³/mol. The summed E-state index contributed by atoms with van der Waals surface area (Å²) in [5.74, 6) is -3.34. The van der Waals surface area contributed by atoms with Gasteiger partial charge in [-0.1, -0.05) is 12.1 Å². The molecule has 0 radical (unpaired) electrons. The van der Waals surface area contributed by atoms with Gasteiger partial charge in [0, 0.05) is 43.5 Å². The van der Waals surface area contributed by atoms with Gasteiger partial charge in [0.05, 0.1) is 5.54 Å². The molecule has 1 aliphatic carbocycles. The summed E-state index contributed by atoms with van der Waals surface area (Å²) in [6.45, 7) is 5.68. The van der Waals surface area contributed by atoms with Crippen LogP contribution in [0.2, 0.25) is 0 Å². The monoisotopic (exact) mass is 430 g/mol. The third-order valence-corrected chi connectivity index (χ3v) is 5.60. The van der Waals surface area contributed by atoms with Gasteiger partial charge < -0.3 is 20.4 Å². The van der Waals surface area contributed by atoms with Crippen LogP contribution in [0.1, 0.15) is 24.5 Å². The number of hydrogen-bond acceptors (Lipinski definition) is 6. The van der Waals surface area contributed by atoms with Gasteiger partial charge in [0.15, 0.2) is 0 Å². The van der Waals surface area contributed by atoms with Crippen LogP contribution in [0, 0.1) is 12.8 Å². The van der Waals surface area contributed by atoms with Crippen LogP contribution in [0.5, 0.6) is 0 Å². The highest BCUT2D eigenvalue weighted by Gasteiger charge is 2.62. The van der Waals surface area contributed by atoms with Crippen molar-refractivity contribution in [3.05, 3.63) is 41.6 Å². The minimum Gasteiger partial charge on any atom is -0.351 e. The average Bonchev–Trinajstić information content (AvgIpc) is 3.31. The number of alkyl halides is 2. The zero-order valence-electron chi connectivity index (χ0n) is 18.2. The van der Waals surface area contributed by atoms with Crippen molar-refractivity contribution in [3.63, 3.8) is 0 Å². The quantitative estimate of drug-likeness (QED) is 0.704. The topological polar surface area (TPSA) is 73.4 Å². The largest absolute Gasteiger partial charge is 0.351 e. The van der Waals surface area contributed by atoms with Gasteiger partial charge in [0.25, 0.3) is 5.92 Å². The fourth-order valence-corrected chi connectivity index (χ4v) is 3.91. The summed E-state index contributed by atoms with van der Waals surface area (Å²) in [6.07, 6.45) is 1.40. The summed E-state index contributed by atoms with van der Waals surface area (Å²) in [5, 5.41) is 6.00. The Kier molecular flexibility index (Phi) is 5.33. The fraction of sp³-hybridized carbons (Fsp3) is 0.500. The summed E-state index contributed by atoms with van der Waals surface area (Å²) in [5.41, 5.74) is 2.48. The van der Waals surface area contributed by atoms with Crippen molar-refractivity contribution >= 4 is 23.4 Å². The number of hydrogen-bond donors (Lipinski definition) is 2. The summed E-state index contributed by atoms with van der Waals surface area (Å²) < 4.78 is 26.3. The first kappa shape index (κ1) is 21.4. The normalized spacial score (nSPS) is 20.9. The highest BCUT2D eigenvalue weighted by Crippen LogP contribution is 2.49. The number of aryl methyl sites for hydroxylation is 1. The Balaban J connectivity index is 1.38. The number of halogens is 2. The molecule has 166 valence electrons. The second-order valence-electron chi connectivity index (χ2n) is 9.18. The van der Waals surface area contributed by atoms with Gasteiger partial charge in [-0.3, -0.25) is 4.79 Å². The van der Waals surface area contributed by atoms with E-state index in [2.05, 4.69) is 37.6 Å². The van der Waals surface area contributed by atoms with Crippen molar-refractivity contribution in [1.29, 1.82) is 0 Å². The zero-order chi connectivity index (χ0) is 22.4. The lowest BCUT2D eigenvalue weighted by atomic mass is 9.91. The molecule has 4 rings (SSSR count). The molecular formula is C22H28F2N6O. The molecule has 1 aliphatic heterocycles. The first-order chi connectivity index (χ1) is 14.5. The molecule has 2 N–H and O–H groups in total. The molecule has 1 saturated heterocycles. The maximum Gasteiger partial charge on any atom is 0.260 e. The maximum atomic E-state index is 13.1. The highest BCUT2D eigenvalue weighted by atomic mass is 19.3. The molecule has 2 aromatic rings. The lowest BCUT2D eigenvalue weighted by Gasteiger charge is -2.49. The number of benzene rings is 1. The van der Waals surface area contributed by atoms with E-state index in [0.29, 0.717) is 19.0 Å². The fourth-order valence-electron chi connectivity index (χ4n) is 3.91. The summed E-state index contributed by atoms with van der Waals surface area (Å²) >= 11 is 0. The first-order valence-electron chi connectivity index (χ1n) is 10.3. The van der Waals surface area contributed by atoms with Crippen LogP contribution < -0.4 is 15.5 Å². The van der Waals surface area contributed by atoms with Gasteiger partial charge in [-0.05, 0) is 45.6 Å². The van der Waals surface area contributed by atoms with E-state index in [1.165, 1.54) is 5.56 Å². The number of carbonyl (C=O) groups excluding carboxylic acids is 1. The van der Waals surface area contributed by atoms with Crippen molar-refractivity contribution in [2.75, 3.05) is 37.4 Å². The molecule has 9 heteroatoms. The average molecular weight is 431 g/mol. The molecule has 31 heavy (non-hydrogen) atoms. The molecule has 1 saturated carbocycles. The molecule has 7 nitrogen and oxygen atoms in total. The summed E-state index contributed by atoms with van der Waals surface area (Å²) in [4.78, 5) is 25.2. The predicted octanol–water partition coefficient (Wildman–Crippen LogP) is 2.94. The van der Waals surface area contributed by atoms with Gasteiger partial charge >= 0.3 is 0 Å². The standard InChI is InChI=1S/C22H28F2N6O/c1-14-10-25-20(26-16-7-5-15(6-8-16)11-29(3)4)27-18(14)30-12-21(2,13-30)28-19(31)17-9-22(17,23)24/h5-8,10,17H,9,11-13H2,1-4H3,(H,28,31)(H,25,26,27). The van der Waals surface area contributed by atoms with E-state index in [4.69, 9.17) is 0 Å². The van der Waals surface area contributed by atoms with Gasteiger partial charge in [0.1, 0.15) is 11.7 Å².